The number of carbonyl (C=O) groups is 1. The smallest absolute Gasteiger partial charge is 0.186 e. The van der Waals surface area contributed by atoms with Gasteiger partial charge in [-0.05, 0) is 42.9 Å². The van der Waals surface area contributed by atoms with Gasteiger partial charge in [-0.1, -0.05) is 68.5 Å². The third-order valence-corrected chi connectivity index (χ3v) is 6.03. The van der Waals surface area contributed by atoms with E-state index in [0.717, 1.165) is 69.0 Å². The van der Waals surface area contributed by atoms with E-state index in [1.54, 1.807) is 6.08 Å². The Bertz CT molecular complexity index is 849. The Kier molecular flexibility index (Phi) is 8.38. The highest BCUT2D eigenvalue weighted by atomic mass is 16.1. The maximum atomic E-state index is 13.1. The van der Waals surface area contributed by atoms with E-state index in [2.05, 4.69) is 59.9 Å². The summed E-state index contributed by atoms with van der Waals surface area (Å²) in [4.78, 5) is 20.2. The van der Waals surface area contributed by atoms with Gasteiger partial charge < -0.3 is 4.90 Å². The molecule has 0 bridgehead atoms. The van der Waals surface area contributed by atoms with Crippen molar-refractivity contribution in [3.8, 4) is 0 Å². The molecule has 0 N–H and O–H groups in total. The van der Waals surface area contributed by atoms with E-state index in [9.17, 15) is 4.79 Å². The second-order valence-electron chi connectivity index (χ2n) is 8.09. The van der Waals surface area contributed by atoms with E-state index in [1.165, 1.54) is 5.56 Å². The number of piperazine rings is 1. The van der Waals surface area contributed by atoms with Crippen LogP contribution in [0.25, 0.3) is 6.08 Å². The number of benzene rings is 2. The lowest BCUT2D eigenvalue weighted by Gasteiger charge is -2.32. The third kappa shape index (κ3) is 6.11. The third-order valence-electron chi connectivity index (χ3n) is 6.03. The van der Waals surface area contributed by atoms with Gasteiger partial charge >= 0.3 is 0 Å². The van der Waals surface area contributed by atoms with Gasteiger partial charge in [-0.3, -0.25) is 14.6 Å². The van der Waals surface area contributed by atoms with Gasteiger partial charge in [0.15, 0.2) is 5.78 Å². The van der Waals surface area contributed by atoms with Gasteiger partial charge in [-0.25, -0.2) is 0 Å². The summed E-state index contributed by atoms with van der Waals surface area (Å²) in [6.07, 6.45) is 3.72. The molecule has 2 aromatic rings. The van der Waals surface area contributed by atoms with Crippen molar-refractivity contribution < 1.29 is 4.79 Å². The molecule has 30 heavy (non-hydrogen) atoms. The minimum Gasteiger partial charge on any atom is -0.304 e. The lowest BCUT2D eigenvalue weighted by molar-refractivity contribution is 0.104. The van der Waals surface area contributed by atoms with Crippen LogP contribution < -0.4 is 0 Å². The van der Waals surface area contributed by atoms with Crippen LogP contribution in [0.4, 0.5) is 0 Å². The van der Waals surface area contributed by atoms with E-state index in [1.807, 2.05) is 30.3 Å². The summed E-state index contributed by atoms with van der Waals surface area (Å²) in [7, 11) is 2.16. The van der Waals surface area contributed by atoms with Crippen LogP contribution in [0.15, 0.2) is 54.6 Å². The van der Waals surface area contributed by atoms with Crippen molar-refractivity contribution in [2.45, 2.75) is 26.9 Å². The van der Waals surface area contributed by atoms with E-state index < -0.39 is 0 Å². The molecule has 0 saturated carbocycles. The van der Waals surface area contributed by atoms with Gasteiger partial charge in [-0.2, -0.15) is 0 Å². The van der Waals surface area contributed by atoms with Gasteiger partial charge in [-0.15, -0.1) is 0 Å². The number of hydrogen-bond donors (Lipinski definition) is 0. The highest BCUT2D eigenvalue weighted by Gasteiger charge is 2.16. The summed E-state index contributed by atoms with van der Waals surface area (Å²) in [5.41, 5.74) is 4.31. The number of ketones is 1. The average Bonchev–Trinajstić information content (AvgIpc) is 2.78. The summed E-state index contributed by atoms with van der Waals surface area (Å²) < 4.78 is 0. The minimum absolute atomic E-state index is 0.0809. The molecule has 0 aliphatic carbocycles. The first-order valence-electron chi connectivity index (χ1n) is 11.1. The largest absolute Gasteiger partial charge is 0.304 e. The SMILES string of the molecule is CCN(CC)Cc1ccccc1C=CC(=O)c1ccccc1CN1CCN(C)CC1. The standard InChI is InChI=1S/C26H35N3O/c1-4-28(5-2)20-23-11-7-6-10-22(23)14-15-26(30)25-13-9-8-12-24(25)21-29-18-16-27(3)17-19-29/h6-15H,4-5,16-21H2,1-3H3. The van der Waals surface area contributed by atoms with Crippen molar-refractivity contribution in [2.24, 2.45) is 0 Å². The van der Waals surface area contributed by atoms with Gasteiger partial charge in [0.25, 0.3) is 0 Å². The molecule has 0 unspecified atom stereocenters. The predicted molar refractivity (Wildman–Crippen MR) is 126 cm³/mol. The molecule has 1 saturated heterocycles. The zero-order chi connectivity index (χ0) is 21.3. The Morgan fingerprint density at radius 2 is 1.57 bits per heavy atom. The fourth-order valence-corrected chi connectivity index (χ4v) is 3.93. The number of carbonyl (C=O) groups excluding carboxylic acids is 1. The molecule has 0 spiro atoms. The molecular formula is C26H35N3O. The Morgan fingerprint density at radius 3 is 2.27 bits per heavy atom. The van der Waals surface area contributed by atoms with Crippen molar-refractivity contribution in [3.05, 3.63) is 76.9 Å². The van der Waals surface area contributed by atoms with Crippen LogP contribution in [0.1, 0.15) is 40.9 Å². The van der Waals surface area contributed by atoms with Gasteiger partial charge in [0.2, 0.25) is 0 Å². The van der Waals surface area contributed by atoms with E-state index in [4.69, 9.17) is 0 Å². The number of nitrogens with zero attached hydrogens (tertiary/aromatic N) is 3. The van der Waals surface area contributed by atoms with E-state index in [-0.39, 0.29) is 5.78 Å². The maximum Gasteiger partial charge on any atom is 0.186 e. The fraction of sp³-hybridized carbons (Fsp3) is 0.423. The first-order valence-corrected chi connectivity index (χ1v) is 11.1. The monoisotopic (exact) mass is 405 g/mol. The molecule has 1 fully saturated rings. The maximum absolute atomic E-state index is 13.1. The lowest BCUT2D eigenvalue weighted by Crippen LogP contribution is -2.44. The predicted octanol–water partition coefficient (Wildman–Crippen LogP) is 4.17. The van der Waals surface area contributed by atoms with Crippen LogP contribution in [0.5, 0.6) is 0 Å². The van der Waals surface area contributed by atoms with Crippen molar-refractivity contribution in [3.63, 3.8) is 0 Å². The Morgan fingerprint density at radius 1 is 0.933 bits per heavy atom. The summed E-state index contributed by atoms with van der Waals surface area (Å²) in [6.45, 7) is 12.4. The molecule has 0 atom stereocenters. The molecular weight excluding hydrogens is 370 g/mol. The summed E-state index contributed by atoms with van der Waals surface area (Å²) >= 11 is 0. The van der Waals surface area contributed by atoms with Crippen molar-refractivity contribution >= 4 is 11.9 Å². The van der Waals surface area contributed by atoms with Crippen LogP contribution in [0.3, 0.4) is 0 Å². The molecule has 1 heterocycles. The Labute approximate surface area is 181 Å². The summed E-state index contributed by atoms with van der Waals surface area (Å²) in [6, 6.07) is 16.4. The van der Waals surface area contributed by atoms with Gasteiger partial charge in [0.05, 0.1) is 0 Å². The fourth-order valence-electron chi connectivity index (χ4n) is 3.93. The van der Waals surface area contributed by atoms with E-state index in [0.29, 0.717) is 0 Å². The molecule has 0 aromatic heterocycles. The highest BCUT2D eigenvalue weighted by molar-refractivity contribution is 6.07. The summed E-state index contributed by atoms with van der Waals surface area (Å²) in [5.74, 6) is 0.0809. The molecule has 4 nitrogen and oxygen atoms in total. The van der Waals surface area contributed by atoms with Crippen molar-refractivity contribution in [1.82, 2.24) is 14.7 Å². The topological polar surface area (TPSA) is 26.8 Å². The first kappa shape index (κ1) is 22.4. The second-order valence-corrected chi connectivity index (χ2v) is 8.09. The van der Waals surface area contributed by atoms with Crippen molar-refractivity contribution in [1.29, 1.82) is 0 Å². The average molecular weight is 406 g/mol. The second kappa shape index (κ2) is 11.2. The van der Waals surface area contributed by atoms with Crippen molar-refractivity contribution in [2.75, 3.05) is 46.3 Å². The molecule has 160 valence electrons. The number of rotatable bonds is 9. The van der Waals surface area contributed by atoms with Gasteiger partial charge in [0, 0.05) is 44.8 Å². The molecule has 0 amide bonds. The normalized spacial score (nSPS) is 15.9. The zero-order valence-electron chi connectivity index (χ0n) is 18.7. The van der Waals surface area contributed by atoms with Crippen LogP contribution in [-0.2, 0) is 13.1 Å². The van der Waals surface area contributed by atoms with Crippen LogP contribution in [-0.4, -0.2) is 66.8 Å². The van der Waals surface area contributed by atoms with Crippen LogP contribution in [0.2, 0.25) is 0 Å². The quantitative estimate of drug-likeness (QED) is 0.462. The minimum atomic E-state index is 0.0809. The molecule has 0 radical (unpaired) electrons. The highest BCUT2D eigenvalue weighted by Crippen LogP contribution is 2.17. The Balaban J connectivity index is 1.73. The zero-order valence-corrected chi connectivity index (χ0v) is 18.7. The molecule has 1 aliphatic rings. The van der Waals surface area contributed by atoms with E-state index >= 15 is 0 Å². The molecule has 4 heteroatoms. The molecule has 3 rings (SSSR count). The number of allylic oxidation sites excluding steroid dienone is 1. The van der Waals surface area contributed by atoms with Gasteiger partial charge in [0.1, 0.15) is 0 Å². The number of likely N-dealkylation sites (N-methyl/N-ethyl adjacent to an activating group) is 1. The summed E-state index contributed by atoms with van der Waals surface area (Å²) in [5, 5.41) is 0. The van der Waals surface area contributed by atoms with Crippen LogP contribution in [0, 0.1) is 0 Å². The van der Waals surface area contributed by atoms with Crippen LogP contribution >= 0.6 is 0 Å². The lowest BCUT2D eigenvalue weighted by atomic mass is 10.0. The Hall–Kier alpha value is -2.27. The first-order chi connectivity index (χ1) is 14.6. The molecule has 1 aliphatic heterocycles. The molecule has 2 aromatic carbocycles. The number of hydrogen-bond acceptors (Lipinski definition) is 4.